The van der Waals surface area contributed by atoms with E-state index in [1.807, 2.05) is 49.9 Å². The molecule has 1 aromatic carbocycles. The molecule has 0 aromatic heterocycles. The Balaban J connectivity index is 1.88. The van der Waals surface area contributed by atoms with Gasteiger partial charge >= 0.3 is 6.09 Å². The van der Waals surface area contributed by atoms with E-state index >= 15 is 0 Å². The number of carbonyl (C=O) groups excluding carboxylic acids is 2. The Kier molecular flexibility index (Phi) is 6.42. The first-order valence-corrected chi connectivity index (χ1v) is 8.78. The first kappa shape index (κ1) is 19.2. The lowest BCUT2D eigenvalue weighted by Gasteiger charge is -2.21. The van der Waals surface area contributed by atoms with Crippen LogP contribution in [0.2, 0.25) is 0 Å². The van der Waals surface area contributed by atoms with Gasteiger partial charge in [-0.3, -0.25) is 4.79 Å². The molecule has 1 saturated heterocycles. The van der Waals surface area contributed by atoms with Crippen LogP contribution >= 0.6 is 0 Å². The van der Waals surface area contributed by atoms with Crippen molar-refractivity contribution in [2.75, 3.05) is 33.2 Å². The molecule has 0 atom stereocenters. The van der Waals surface area contributed by atoms with Gasteiger partial charge in [-0.05, 0) is 58.5 Å². The Morgan fingerprint density at radius 2 is 1.76 bits per heavy atom. The van der Waals surface area contributed by atoms with Crippen LogP contribution in [0.4, 0.5) is 4.79 Å². The lowest BCUT2D eigenvalue weighted by Crippen LogP contribution is -2.34. The van der Waals surface area contributed by atoms with Crippen molar-refractivity contribution in [3.8, 4) is 0 Å². The molecule has 0 saturated carbocycles. The maximum atomic E-state index is 12.6. The highest BCUT2D eigenvalue weighted by Crippen LogP contribution is 2.11. The molecule has 0 unspecified atom stereocenters. The van der Waals surface area contributed by atoms with E-state index in [0.717, 1.165) is 38.2 Å². The minimum Gasteiger partial charge on any atom is -0.444 e. The van der Waals surface area contributed by atoms with Crippen molar-refractivity contribution in [3.05, 3.63) is 35.4 Å². The van der Waals surface area contributed by atoms with Crippen molar-refractivity contribution in [2.45, 2.75) is 39.3 Å². The minimum absolute atomic E-state index is 0.0713. The van der Waals surface area contributed by atoms with Crippen molar-refractivity contribution < 1.29 is 14.3 Å². The Morgan fingerprint density at radius 1 is 1.08 bits per heavy atom. The highest BCUT2D eigenvalue weighted by molar-refractivity contribution is 5.94. The zero-order valence-electron chi connectivity index (χ0n) is 15.7. The van der Waals surface area contributed by atoms with Crippen LogP contribution in [0.3, 0.4) is 0 Å². The number of alkyl carbamates (subject to hydrolysis) is 1. The van der Waals surface area contributed by atoms with E-state index in [2.05, 4.69) is 17.3 Å². The summed E-state index contributed by atoms with van der Waals surface area (Å²) in [7, 11) is 2.08. The van der Waals surface area contributed by atoms with E-state index < -0.39 is 11.7 Å². The number of benzene rings is 1. The van der Waals surface area contributed by atoms with Gasteiger partial charge < -0.3 is 19.9 Å². The van der Waals surface area contributed by atoms with Gasteiger partial charge in [-0.1, -0.05) is 12.1 Å². The van der Waals surface area contributed by atoms with Crippen molar-refractivity contribution in [1.82, 2.24) is 15.1 Å². The second-order valence-electron chi connectivity index (χ2n) is 7.50. The van der Waals surface area contributed by atoms with Crippen LogP contribution in [-0.4, -0.2) is 60.6 Å². The van der Waals surface area contributed by atoms with Gasteiger partial charge in [0.05, 0.1) is 0 Å². The molecule has 6 heteroatoms. The Hall–Kier alpha value is -2.08. The molecule has 1 heterocycles. The summed E-state index contributed by atoms with van der Waals surface area (Å²) in [6.07, 6.45) is 0.557. The Labute approximate surface area is 150 Å². The number of rotatable bonds is 3. The number of hydrogen-bond acceptors (Lipinski definition) is 4. The van der Waals surface area contributed by atoms with E-state index in [0.29, 0.717) is 12.1 Å². The second kappa shape index (κ2) is 8.34. The zero-order valence-corrected chi connectivity index (χ0v) is 15.7. The summed E-state index contributed by atoms with van der Waals surface area (Å²) >= 11 is 0. The predicted molar refractivity (Wildman–Crippen MR) is 97.5 cm³/mol. The lowest BCUT2D eigenvalue weighted by molar-refractivity contribution is 0.0523. The standard InChI is InChI=1S/C19H29N3O3/c1-19(2,3)25-18(24)20-14-15-6-8-16(9-7-15)17(23)22-11-5-10-21(4)12-13-22/h6-9H,5,10-14H2,1-4H3,(H,20,24). The summed E-state index contributed by atoms with van der Waals surface area (Å²) in [6.45, 7) is 9.34. The molecule has 6 nitrogen and oxygen atoms in total. The molecule has 2 rings (SSSR count). The molecule has 0 aliphatic carbocycles. The summed E-state index contributed by atoms with van der Waals surface area (Å²) in [4.78, 5) is 28.4. The Bertz CT molecular complexity index is 593. The molecule has 0 spiro atoms. The van der Waals surface area contributed by atoms with Gasteiger partial charge in [0.2, 0.25) is 0 Å². The average Bonchev–Trinajstić information content (AvgIpc) is 2.76. The van der Waals surface area contributed by atoms with Crippen LogP contribution in [0.1, 0.15) is 43.1 Å². The van der Waals surface area contributed by atoms with Crippen LogP contribution in [-0.2, 0) is 11.3 Å². The maximum Gasteiger partial charge on any atom is 0.407 e. The minimum atomic E-state index is -0.512. The molecule has 0 radical (unpaired) electrons. The predicted octanol–water partition coefficient (Wildman–Crippen LogP) is 2.49. The lowest BCUT2D eigenvalue weighted by atomic mass is 10.1. The topological polar surface area (TPSA) is 61.9 Å². The van der Waals surface area contributed by atoms with Gasteiger partial charge in [0.25, 0.3) is 5.91 Å². The number of carbonyl (C=O) groups is 2. The molecule has 0 bridgehead atoms. The van der Waals surface area contributed by atoms with E-state index in [9.17, 15) is 9.59 Å². The van der Waals surface area contributed by atoms with Crippen LogP contribution in [0, 0.1) is 0 Å². The van der Waals surface area contributed by atoms with Crippen LogP contribution in [0.25, 0.3) is 0 Å². The van der Waals surface area contributed by atoms with E-state index in [1.54, 1.807) is 0 Å². The number of hydrogen-bond donors (Lipinski definition) is 1. The molecular weight excluding hydrogens is 318 g/mol. The number of likely N-dealkylation sites (N-methyl/N-ethyl adjacent to an activating group) is 1. The van der Waals surface area contributed by atoms with Crippen molar-refractivity contribution in [3.63, 3.8) is 0 Å². The third-order valence-electron chi connectivity index (χ3n) is 4.04. The molecule has 1 aliphatic heterocycles. The SMILES string of the molecule is CN1CCCN(C(=O)c2ccc(CNC(=O)OC(C)(C)C)cc2)CC1. The second-order valence-corrected chi connectivity index (χ2v) is 7.50. The largest absolute Gasteiger partial charge is 0.444 e. The Morgan fingerprint density at radius 3 is 2.40 bits per heavy atom. The fourth-order valence-electron chi connectivity index (χ4n) is 2.69. The summed E-state index contributed by atoms with van der Waals surface area (Å²) in [5.74, 6) is 0.0713. The first-order valence-electron chi connectivity index (χ1n) is 8.78. The highest BCUT2D eigenvalue weighted by Gasteiger charge is 2.19. The number of ether oxygens (including phenoxy) is 1. The molecule has 2 amide bonds. The summed E-state index contributed by atoms with van der Waals surface area (Å²) in [6, 6.07) is 7.38. The molecule has 1 N–H and O–H groups in total. The maximum absolute atomic E-state index is 12.6. The van der Waals surface area contributed by atoms with Gasteiger partial charge in [-0.2, -0.15) is 0 Å². The van der Waals surface area contributed by atoms with Crippen LogP contribution in [0.5, 0.6) is 0 Å². The third kappa shape index (κ3) is 6.38. The van der Waals surface area contributed by atoms with Gasteiger partial charge in [-0.15, -0.1) is 0 Å². The fraction of sp³-hybridized carbons (Fsp3) is 0.579. The smallest absolute Gasteiger partial charge is 0.407 e. The number of nitrogens with one attached hydrogen (secondary N) is 1. The van der Waals surface area contributed by atoms with Crippen LogP contribution in [0.15, 0.2) is 24.3 Å². The van der Waals surface area contributed by atoms with E-state index in [-0.39, 0.29) is 5.91 Å². The average molecular weight is 347 g/mol. The van der Waals surface area contributed by atoms with Crippen LogP contribution < -0.4 is 5.32 Å². The van der Waals surface area contributed by atoms with Gasteiger partial charge in [0, 0.05) is 31.7 Å². The summed E-state index contributed by atoms with van der Waals surface area (Å²) < 4.78 is 5.21. The zero-order chi connectivity index (χ0) is 18.4. The first-order chi connectivity index (χ1) is 11.7. The summed E-state index contributed by atoms with van der Waals surface area (Å²) in [5.41, 5.74) is 1.10. The van der Waals surface area contributed by atoms with Crippen molar-refractivity contribution >= 4 is 12.0 Å². The van der Waals surface area contributed by atoms with Crippen molar-refractivity contribution in [1.29, 1.82) is 0 Å². The quantitative estimate of drug-likeness (QED) is 0.912. The van der Waals surface area contributed by atoms with E-state index in [4.69, 9.17) is 4.74 Å². The molecule has 1 aliphatic rings. The molecule has 138 valence electrons. The monoisotopic (exact) mass is 347 g/mol. The number of amides is 2. The van der Waals surface area contributed by atoms with Crippen molar-refractivity contribution in [2.24, 2.45) is 0 Å². The molecule has 25 heavy (non-hydrogen) atoms. The van der Waals surface area contributed by atoms with Gasteiger partial charge in [0.1, 0.15) is 5.60 Å². The van der Waals surface area contributed by atoms with E-state index in [1.165, 1.54) is 0 Å². The molecule has 1 aromatic rings. The van der Waals surface area contributed by atoms with Gasteiger partial charge in [0.15, 0.2) is 0 Å². The normalized spacial score (nSPS) is 16.2. The third-order valence-corrected chi connectivity index (χ3v) is 4.04. The molecular formula is C19H29N3O3. The van der Waals surface area contributed by atoms with Gasteiger partial charge in [-0.25, -0.2) is 4.79 Å². The molecule has 1 fully saturated rings. The summed E-state index contributed by atoms with van der Waals surface area (Å²) in [5, 5.41) is 2.72. The highest BCUT2D eigenvalue weighted by atomic mass is 16.6. The number of nitrogens with zero attached hydrogens (tertiary/aromatic N) is 2. The fourth-order valence-corrected chi connectivity index (χ4v) is 2.69.